The average molecular weight is 389 g/mol. The Kier molecular flexibility index (Phi) is 4.28. The van der Waals surface area contributed by atoms with Crippen LogP contribution in [0.3, 0.4) is 0 Å². The monoisotopic (exact) mass is 389 g/mol. The van der Waals surface area contributed by atoms with Crippen molar-refractivity contribution in [2.75, 3.05) is 0 Å². The third kappa shape index (κ3) is 3.85. The van der Waals surface area contributed by atoms with Crippen LogP contribution in [0.1, 0.15) is 11.3 Å². The minimum absolute atomic E-state index is 0.338. The number of hydrogen-bond acceptors (Lipinski definition) is 2. The van der Waals surface area contributed by atoms with Gasteiger partial charge in [0.15, 0.2) is 0 Å². The molecule has 0 aliphatic heterocycles. The quantitative estimate of drug-likeness (QED) is 0.562. The molecule has 10 heteroatoms. The second-order valence-corrected chi connectivity index (χ2v) is 4.04. The van der Waals surface area contributed by atoms with E-state index in [1.807, 2.05) is 0 Å². The molecule has 0 bridgehead atoms. The van der Waals surface area contributed by atoms with E-state index in [-0.39, 0.29) is 0 Å². The lowest BCUT2D eigenvalue weighted by molar-refractivity contribution is -0.276. The highest BCUT2D eigenvalue weighted by Crippen LogP contribution is 2.38. The van der Waals surface area contributed by atoms with Crippen molar-refractivity contribution >= 4 is 22.6 Å². The first kappa shape index (κ1) is 15.2. The smallest absolute Gasteiger partial charge is 0.387 e. The molecule has 2 nitrogen and oxygen atoms in total. The van der Waals surface area contributed by atoms with Crippen molar-refractivity contribution < 1.29 is 35.5 Å². The predicted octanol–water partition coefficient (Wildman–Crippen LogP) is 4.07. The number of hydrogen-bond donors (Lipinski definition) is 0. The SMILES string of the molecule is FCc1cc(C(F)(F)F)c(I)c(OC(F)(F)F)n1. The normalized spacial score (nSPS) is 12.7. The molecule has 0 saturated heterocycles. The van der Waals surface area contributed by atoms with Gasteiger partial charge >= 0.3 is 12.5 Å². The summed E-state index contributed by atoms with van der Waals surface area (Å²) in [5.41, 5.74) is -2.22. The van der Waals surface area contributed by atoms with E-state index in [1.165, 1.54) is 0 Å². The minimum Gasteiger partial charge on any atom is -0.387 e. The van der Waals surface area contributed by atoms with Crippen LogP contribution >= 0.6 is 22.6 Å². The van der Waals surface area contributed by atoms with Gasteiger partial charge in [0.1, 0.15) is 6.67 Å². The third-order valence-corrected chi connectivity index (χ3v) is 2.68. The van der Waals surface area contributed by atoms with Crippen LogP contribution in [-0.4, -0.2) is 11.3 Å². The molecule has 0 fully saturated rings. The minimum atomic E-state index is -5.20. The lowest BCUT2D eigenvalue weighted by Crippen LogP contribution is -2.20. The van der Waals surface area contributed by atoms with Crippen molar-refractivity contribution in [3.63, 3.8) is 0 Å². The number of aromatic nitrogens is 1. The van der Waals surface area contributed by atoms with Crippen molar-refractivity contribution in [3.8, 4) is 5.88 Å². The summed E-state index contributed by atoms with van der Waals surface area (Å²) in [4.78, 5) is 3.03. The van der Waals surface area contributed by atoms with Gasteiger partial charge in [-0.25, -0.2) is 9.37 Å². The first-order chi connectivity index (χ1) is 8.04. The molecule has 0 aliphatic carbocycles. The zero-order valence-electron chi connectivity index (χ0n) is 8.16. The van der Waals surface area contributed by atoms with E-state index in [4.69, 9.17) is 0 Å². The van der Waals surface area contributed by atoms with Gasteiger partial charge in [-0.05, 0) is 28.7 Å². The van der Waals surface area contributed by atoms with Crippen LogP contribution in [0, 0.1) is 3.57 Å². The first-order valence-corrected chi connectivity index (χ1v) is 5.21. The van der Waals surface area contributed by atoms with E-state index in [0.29, 0.717) is 6.07 Å². The van der Waals surface area contributed by atoms with E-state index in [0.717, 1.165) is 22.6 Å². The van der Waals surface area contributed by atoms with E-state index in [2.05, 4.69) is 9.72 Å². The summed E-state index contributed by atoms with van der Waals surface area (Å²) < 4.78 is 88.0. The summed E-state index contributed by atoms with van der Waals surface area (Å²) in [6.07, 6.45) is -10.1. The van der Waals surface area contributed by atoms with Crippen LogP contribution < -0.4 is 4.74 Å². The van der Waals surface area contributed by atoms with Crippen molar-refractivity contribution in [2.24, 2.45) is 0 Å². The molecule has 0 atom stereocenters. The Bertz CT molecular complexity index is 442. The van der Waals surface area contributed by atoms with Crippen molar-refractivity contribution in [2.45, 2.75) is 19.2 Å². The average Bonchev–Trinajstić information content (AvgIpc) is 2.17. The van der Waals surface area contributed by atoms with Gasteiger partial charge < -0.3 is 4.74 Å². The standard InChI is InChI=1S/C8H3F7INO/c9-2-3-1-4(7(10,11)12)5(16)6(17-3)18-8(13,14)15/h1H,2H2. The fraction of sp³-hybridized carbons (Fsp3) is 0.375. The molecule has 0 amide bonds. The van der Waals surface area contributed by atoms with Crippen LogP contribution in [0.5, 0.6) is 5.88 Å². The van der Waals surface area contributed by atoms with E-state index in [9.17, 15) is 30.7 Å². The van der Waals surface area contributed by atoms with Gasteiger partial charge in [0.25, 0.3) is 0 Å². The fourth-order valence-corrected chi connectivity index (χ4v) is 1.70. The molecular formula is C8H3F7INO. The maximum absolute atomic E-state index is 12.5. The number of pyridine rings is 1. The summed E-state index contributed by atoms with van der Waals surface area (Å²) in [6.45, 7) is -1.44. The number of alkyl halides is 7. The number of nitrogens with zero attached hydrogens (tertiary/aromatic N) is 1. The highest BCUT2D eigenvalue weighted by atomic mass is 127. The second-order valence-electron chi connectivity index (χ2n) is 2.96. The Hall–Kier alpha value is -0.810. The van der Waals surface area contributed by atoms with Gasteiger partial charge in [-0.1, -0.05) is 0 Å². The van der Waals surface area contributed by atoms with Crippen LogP contribution in [-0.2, 0) is 12.9 Å². The largest absolute Gasteiger partial charge is 0.574 e. The molecule has 0 saturated carbocycles. The number of ether oxygens (including phenoxy) is 1. The summed E-state index contributed by atoms with van der Waals surface area (Å²) in [7, 11) is 0. The van der Waals surface area contributed by atoms with Gasteiger partial charge in [-0.2, -0.15) is 13.2 Å². The summed E-state index contributed by atoms with van der Waals surface area (Å²) >= 11 is 1.01. The lowest BCUT2D eigenvalue weighted by Gasteiger charge is -2.15. The molecule has 1 aromatic heterocycles. The molecule has 0 aliphatic rings. The Balaban J connectivity index is 3.34. The molecular weight excluding hydrogens is 386 g/mol. The molecule has 0 unspecified atom stereocenters. The first-order valence-electron chi connectivity index (χ1n) is 4.13. The number of rotatable bonds is 2. The molecule has 0 radical (unpaired) electrons. The van der Waals surface area contributed by atoms with Gasteiger partial charge in [0.2, 0.25) is 5.88 Å². The van der Waals surface area contributed by atoms with Crippen molar-refractivity contribution in [1.29, 1.82) is 0 Å². The Morgan fingerprint density at radius 2 is 1.72 bits per heavy atom. The summed E-state index contributed by atoms with van der Waals surface area (Å²) in [6, 6.07) is 0.338. The molecule has 0 N–H and O–H groups in total. The van der Waals surface area contributed by atoms with Gasteiger partial charge in [0, 0.05) is 0 Å². The van der Waals surface area contributed by atoms with E-state index >= 15 is 0 Å². The summed E-state index contributed by atoms with van der Waals surface area (Å²) in [5, 5.41) is 0. The van der Waals surface area contributed by atoms with E-state index in [1.54, 1.807) is 0 Å². The molecule has 0 aromatic carbocycles. The van der Waals surface area contributed by atoms with E-state index < -0.39 is 39.9 Å². The Labute approximate surface area is 109 Å². The fourth-order valence-electron chi connectivity index (χ4n) is 1.01. The molecule has 102 valence electrons. The zero-order chi connectivity index (χ0) is 14.1. The third-order valence-electron chi connectivity index (χ3n) is 1.64. The molecule has 18 heavy (non-hydrogen) atoms. The number of halogens is 8. The van der Waals surface area contributed by atoms with Crippen LogP contribution in [0.4, 0.5) is 30.7 Å². The predicted molar refractivity (Wildman–Crippen MR) is 53.5 cm³/mol. The molecule has 1 aromatic rings. The molecule has 1 heterocycles. The summed E-state index contributed by atoms with van der Waals surface area (Å²) in [5.74, 6) is -1.31. The van der Waals surface area contributed by atoms with Crippen LogP contribution in [0.15, 0.2) is 6.07 Å². The van der Waals surface area contributed by atoms with Crippen molar-refractivity contribution in [3.05, 3.63) is 20.9 Å². The maximum Gasteiger partial charge on any atom is 0.574 e. The van der Waals surface area contributed by atoms with Crippen molar-refractivity contribution in [1.82, 2.24) is 4.98 Å². The van der Waals surface area contributed by atoms with Crippen LogP contribution in [0.25, 0.3) is 0 Å². The maximum atomic E-state index is 12.5. The van der Waals surface area contributed by atoms with Gasteiger partial charge in [-0.15, -0.1) is 13.2 Å². The molecule has 1 rings (SSSR count). The van der Waals surface area contributed by atoms with Gasteiger partial charge in [0.05, 0.1) is 14.8 Å². The topological polar surface area (TPSA) is 22.1 Å². The highest BCUT2D eigenvalue weighted by Gasteiger charge is 2.38. The van der Waals surface area contributed by atoms with Gasteiger partial charge in [-0.3, -0.25) is 0 Å². The Morgan fingerprint density at radius 1 is 1.17 bits per heavy atom. The zero-order valence-corrected chi connectivity index (χ0v) is 10.3. The Morgan fingerprint density at radius 3 is 2.11 bits per heavy atom. The highest BCUT2D eigenvalue weighted by molar-refractivity contribution is 14.1. The van der Waals surface area contributed by atoms with Crippen LogP contribution in [0.2, 0.25) is 0 Å². The lowest BCUT2D eigenvalue weighted by atomic mass is 10.2. The second kappa shape index (κ2) is 5.05. The molecule has 0 spiro atoms.